The predicted molar refractivity (Wildman–Crippen MR) is 116 cm³/mol. The van der Waals surface area contributed by atoms with Crippen LogP contribution in [0.2, 0.25) is 0 Å². The summed E-state index contributed by atoms with van der Waals surface area (Å²) in [5, 5.41) is 3.96. The van der Waals surface area contributed by atoms with E-state index in [4.69, 9.17) is 9.47 Å². The number of nitrogens with zero attached hydrogens (tertiary/aromatic N) is 2. The van der Waals surface area contributed by atoms with E-state index in [2.05, 4.69) is 31.4 Å². The van der Waals surface area contributed by atoms with Crippen LogP contribution >= 0.6 is 15.9 Å². The summed E-state index contributed by atoms with van der Waals surface area (Å²) in [5.41, 5.74) is 3.91. The van der Waals surface area contributed by atoms with Gasteiger partial charge < -0.3 is 9.47 Å². The van der Waals surface area contributed by atoms with Crippen LogP contribution in [0.3, 0.4) is 0 Å². The minimum atomic E-state index is -0.479. The summed E-state index contributed by atoms with van der Waals surface area (Å²) >= 11 is 3.27. The van der Waals surface area contributed by atoms with Crippen LogP contribution in [0.25, 0.3) is 0 Å². The van der Waals surface area contributed by atoms with Gasteiger partial charge in [0.25, 0.3) is 5.91 Å². The molecule has 0 radical (unpaired) electrons. The quantitative estimate of drug-likeness (QED) is 0.243. The first-order chi connectivity index (χ1) is 14.6. The van der Waals surface area contributed by atoms with Crippen LogP contribution in [-0.2, 0) is 0 Å². The van der Waals surface area contributed by atoms with E-state index < -0.39 is 11.9 Å². The second-order valence-electron chi connectivity index (χ2n) is 5.99. The van der Waals surface area contributed by atoms with Crippen LogP contribution < -0.4 is 14.9 Å². The van der Waals surface area contributed by atoms with Crippen LogP contribution in [0.4, 0.5) is 0 Å². The summed E-state index contributed by atoms with van der Waals surface area (Å²) in [4.78, 5) is 28.3. The molecule has 0 aliphatic rings. The maximum Gasteiger partial charge on any atom is 0.343 e. The molecule has 0 aliphatic carbocycles. The third-order valence-electron chi connectivity index (χ3n) is 3.83. The second-order valence-corrected chi connectivity index (χ2v) is 6.90. The number of esters is 1. The fourth-order valence-electron chi connectivity index (χ4n) is 2.46. The van der Waals surface area contributed by atoms with Crippen molar-refractivity contribution in [2.24, 2.45) is 5.10 Å². The number of aromatic nitrogens is 1. The number of hydrogen-bond acceptors (Lipinski definition) is 6. The molecule has 0 saturated carbocycles. The summed E-state index contributed by atoms with van der Waals surface area (Å²) < 4.78 is 11.7. The Bertz CT molecular complexity index is 1070. The average Bonchev–Trinajstić information content (AvgIpc) is 2.76. The number of carbonyl (C=O) groups excluding carboxylic acids is 2. The topological polar surface area (TPSA) is 89.9 Å². The van der Waals surface area contributed by atoms with Crippen molar-refractivity contribution in [2.45, 2.75) is 6.92 Å². The van der Waals surface area contributed by atoms with Crippen molar-refractivity contribution in [1.29, 1.82) is 0 Å². The zero-order valence-corrected chi connectivity index (χ0v) is 17.6. The van der Waals surface area contributed by atoms with Crippen LogP contribution in [0.5, 0.6) is 11.5 Å². The molecule has 1 aromatic heterocycles. The molecule has 1 amide bonds. The largest absolute Gasteiger partial charge is 0.490 e. The molecule has 0 fully saturated rings. The van der Waals surface area contributed by atoms with Gasteiger partial charge in [-0.3, -0.25) is 9.78 Å². The van der Waals surface area contributed by atoms with Gasteiger partial charge in [-0.05, 0) is 64.8 Å². The van der Waals surface area contributed by atoms with E-state index in [-0.39, 0.29) is 0 Å². The highest BCUT2D eigenvalue weighted by molar-refractivity contribution is 9.10. The Labute approximate surface area is 181 Å². The number of hydrazone groups is 1. The van der Waals surface area contributed by atoms with E-state index in [1.54, 1.807) is 54.7 Å². The van der Waals surface area contributed by atoms with Crippen molar-refractivity contribution < 1.29 is 19.1 Å². The first-order valence-corrected chi connectivity index (χ1v) is 9.84. The fraction of sp³-hybridized carbons (Fsp3) is 0.0909. The van der Waals surface area contributed by atoms with Crippen LogP contribution in [-0.4, -0.2) is 29.7 Å². The molecule has 30 heavy (non-hydrogen) atoms. The van der Waals surface area contributed by atoms with E-state index in [1.807, 2.05) is 13.0 Å². The van der Waals surface area contributed by atoms with Gasteiger partial charge >= 0.3 is 5.97 Å². The molecule has 3 aromatic rings. The molecular weight excluding hydrogens is 450 g/mol. The fourth-order valence-corrected chi connectivity index (χ4v) is 2.82. The first kappa shape index (κ1) is 21.2. The molecule has 8 heteroatoms. The molecule has 3 rings (SSSR count). The molecule has 0 aliphatic heterocycles. The summed E-state index contributed by atoms with van der Waals surface area (Å²) in [7, 11) is 0. The molecule has 0 atom stereocenters. The number of benzene rings is 2. The van der Waals surface area contributed by atoms with Gasteiger partial charge in [-0.2, -0.15) is 5.10 Å². The number of amides is 1. The second kappa shape index (κ2) is 10.3. The number of hydrogen-bond donors (Lipinski definition) is 1. The molecule has 0 saturated heterocycles. The molecule has 2 aromatic carbocycles. The minimum Gasteiger partial charge on any atom is -0.490 e. The van der Waals surface area contributed by atoms with E-state index in [0.29, 0.717) is 39.3 Å². The first-order valence-electron chi connectivity index (χ1n) is 9.05. The Hall–Kier alpha value is -3.52. The van der Waals surface area contributed by atoms with Crippen molar-refractivity contribution >= 4 is 34.0 Å². The van der Waals surface area contributed by atoms with Crippen molar-refractivity contribution in [2.75, 3.05) is 6.61 Å². The van der Waals surface area contributed by atoms with Gasteiger partial charge in [0, 0.05) is 16.9 Å². The van der Waals surface area contributed by atoms with Gasteiger partial charge in [-0.15, -0.1) is 0 Å². The zero-order chi connectivity index (χ0) is 21.3. The molecule has 0 unspecified atom stereocenters. The highest BCUT2D eigenvalue weighted by Gasteiger charge is 2.13. The van der Waals surface area contributed by atoms with Gasteiger partial charge in [0.1, 0.15) is 0 Å². The lowest BCUT2D eigenvalue weighted by Gasteiger charge is -2.11. The minimum absolute atomic E-state index is 0.298. The zero-order valence-electron chi connectivity index (χ0n) is 16.0. The number of rotatable bonds is 7. The Morgan fingerprint density at radius 2 is 1.87 bits per heavy atom. The molecule has 0 bridgehead atoms. The van der Waals surface area contributed by atoms with E-state index >= 15 is 0 Å². The Morgan fingerprint density at radius 1 is 1.07 bits per heavy atom. The van der Waals surface area contributed by atoms with Crippen LogP contribution in [0.15, 0.2) is 76.6 Å². The maximum absolute atomic E-state index is 12.3. The number of ether oxygens (including phenoxy) is 2. The molecule has 1 heterocycles. The highest BCUT2D eigenvalue weighted by Crippen LogP contribution is 2.29. The Balaban J connectivity index is 1.70. The van der Waals surface area contributed by atoms with Gasteiger partial charge in [0.2, 0.25) is 0 Å². The lowest BCUT2D eigenvalue weighted by molar-refractivity contribution is 0.0728. The Morgan fingerprint density at radius 3 is 2.60 bits per heavy atom. The predicted octanol–water partition coefficient (Wildman–Crippen LogP) is 4.23. The number of nitrogens with one attached hydrogen (secondary N) is 1. The maximum atomic E-state index is 12.3. The monoisotopic (exact) mass is 467 g/mol. The third-order valence-corrected chi connectivity index (χ3v) is 4.26. The SMILES string of the molecule is CCOc1cc(/C=N\NC(=O)c2cncc(Br)c2)ccc1OC(=O)c1ccccc1. The normalized spacial score (nSPS) is 10.6. The van der Waals surface area contributed by atoms with Crippen LogP contribution in [0.1, 0.15) is 33.2 Å². The lowest BCUT2D eigenvalue weighted by atomic mass is 10.2. The number of carbonyl (C=O) groups is 2. The van der Waals surface area contributed by atoms with Crippen molar-refractivity contribution in [3.8, 4) is 11.5 Å². The van der Waals surface area contributed by atoms with Gasteiger partial charge in [-0.1, -0.05) is 18.2 Å². The smallest absolute Gasteiger partial charge is 0.343 e. The highest BCUT2D eigenvalue weighted by atomic mass is 79.9. The summed E-state index contributed by atoms with van der Waals surface area (Å²) in [5.74, 6) is -0.174. The molecule has 7 nitrogen and oxygen atoms in total. The van der Waals surface area contributed by atoms with Crippen molar-refractivity contribution in [3.63, 3.8) is 0 Å². The standard InChI is InChI=1S/C22H18BrN3O4/c1-2-29-20-10-15(12-25-26-21(27)17-11-18(23)14-24-13-17)8-9-19(20)30-22(28)16-6-4-3-5-7-16/h3-14H,2H2,1H3,(H,26,27)/b25-12-. The summed E-state index contributed by atoms with van der Waals surface area (Å²) in [6, 6.07) is 15.3. The number of pyridine rings is 1. The molecule has 0 spiro atoms. The summed E-state index contributed by atoms with van der Waals surface area (Å²) in [6.07, 6.45) is 4.49. The van der Waals surface area contributed by atoms with Gasteiger partial charge in [-0.25, -0.2) is 10.2 Å². The Kier molecular flexibility index (Phi) is 7.29. The molecule has 1 N–H and O–H groups in total. The van der Waals surface area contributed by atoms with Gasteiger partial charge in [0.15, 0.2) is 11.5 Å². The summed E-state index contributed by atoms with van der Waals surface area (Å²) in [6.45, 7) is 2.22. The van der Waals surface area contributed by atoms with E-state index in [9.17, 15) is 9.59 Å². The van der Waals surface area contributed by atoms with Crippen LogP contribution in [0, 0.1) is 0 Å². The van der Waals surface area contributed by atoms with Crippen molar-refractivity contribution in [3.05, 3.63) is 88.2 Å². The van der Waals surface area contributed by atoms with E-state index in [0.717, 1.165) is 0 Å². The van der Waals surface area contributed by atoms with E-state index in [1.165, 1.54) is 12.4 Å². The van der Waals surface area contributed by atoms with Gasteiger partial charge in [0.05, 0.1) is 23.9 Å². The third kappa shape index (κ3) is 5.74. The average molecular weight is 468 g/mol. The molecular formula is C22H18BrN3O4. The lowest BCUT2D eigenvalue weighted by Crippen LogP contribution is -2.17. The van der Waals surface area contributed by atoms with Crippen molar-refractivity contribution in [1.82, 2.24) is 10.4 Å². The molecule has 152 valence electrons. The number of halogens is 1.